The second-order valence-electron chi connectivity index (χ2n) is 5.57. The predicted molar refractivity (Wildman–Crippen MR) is 74.7 cm³/mol. The Kier molecular flexibility index (Phi) is 5.23. The van der Waals surface area contributed by atoms with Crippen LogP contribution >= 0.6 is 0 Å². The first-order chi connectivity index (χ1) is 9.89. The Morgan fingerprint density at radius 3 is 2.50 bits per heavy atom. The Hall–Kier alpha value is -2.03. The van der Waals surface area contributed by atoms with Crippen molar-refractivity contribution in [2.75, 3.05) is 18.9 Å². The zero-order valence-electron chi connectivity index (χ0n) is 12.4. The lowest BCUT2D eigenvalue weighted by atomic mass is 10.1. The molecule has 1 aromatic rings. The molecule has 0 aromatic carbocycles. The highest BCUT2D eigenvalue weighted by Gasteiger charge is 2.28. The van der Waals surface area contributed by atoms with Crippen molar-refractivity contribution in [3.63, 3.8) is 0 Å². The van der Waals surface area contributed by atoms with Gasteiger partial charge in [0.1, 0.15) is 12.2 Å². The summed E-state index contributed by atoms with van der Waals surface area (Å²) in [6.45, 7) is 1.54. The van der Waals surface area contributed by atoms with Gasteiger partial charge in [0.05, 0.1) is 12.1 Å². The van der Waals surface area contributed by atoms with E-state index in [-0.39, 0.29) is 12.2 Å². The number of hydrogen-bond donors (Lipinski definition) is 2. The molecule has 0 atom stereocenters. The Bertz CT molecular complexity index is 591. The van der Waals surface area contributed by atoms with Crippen molar-refractivity contribution in [3.05, 3.63) is 28.7 Å². The summed E-state index contributed by atoms with van der Waals surface area (Å²) in [5.41, 5.74) is -2.36. The van der Waals surface area contributed by atoms with Gasteiger partial charge in [-0.1, -0.05) is 0 Å². The van der Waals surface area contributed by atoms with Gasteiger partial charge in [-0.25, -0.2) is 4.79 Å². The van der Waals surface area contributed by atoms with Gasteiger partial charge in [-0.2, -0.15) is 13.2 Å². The maximum Gasteiger partial charge on any atom is 0.406 e. The molecule has 2 N–H and O–H groups in total. The van der Waals surface area contributed by atoms with Crippen LogP contribution in [0.3, 0.4) is 0 Å². The van der Waals surface area contributed by atoms with Crippen LogP contribution in [-0.4, -0.2) is 46.0 Å². The maximum absolute atomic E-state index is 12.3. The number of rotatable bonds is 4. The van der Waals surface area contributed by atoms with E-state index in [1.807, 2.05) is 0 Å². The highest BCUT2D eigenvalue weighted by molar-refractivity contribution is 5.88. The Balaban J connectivity index is 2.89. The largest absolute Gasteiger partial charge is 0.406 e. The molecule has 0 fully saturated rings. The first kappa shape index (κ1) is 18.0. The number of anilines is 1. The summed E-state index contributed by atoms with van der Waals surface area (Å²) in [5.74, 6) is 0. The molecule has 9 heteroatoms. The maximum atomic E-state index is 12.3. The van der Waals surface area contributed by atoms with Gasteiger partial charge in [0, 0.05) is 13.2 Å². The summed E-state index contributed by atoms with van der Waals surface area (Å²) in [5, 5.41) is 11.9. The minimum atomic E-state index is -4.54. The molecule has 0 saturated heterocycles. The van der Waals surface area contributed by atoms with Gasteiger partial charge < -0.3 is 19.9 Å². The number of likely N-dealkylation sites (N-methyl/N-ethyl adjacent to an activating group) is 1. The Morgan fingerprint density at radius 2 is 2.00 bits per heavy atom. The van der Waals surface area contributed by atoms with E-state index >= 15 is 0 Å². The third kappa shape index (κ3) is 5.76. The first-order valence-electron chi connectivity index (χ1n) is 6.40. The number of hydrogen-bond acceptors (Lipinski definition) is 3. The molecule has 1 heterocycles. The van der Waals surface area contributed by atoms with Crippen molar-refractivity contribution in [2.45, 2.75) is 32.2 Å². The second-order valence-corrected chi connectivity index (χ2v) is 5.57. The lowest BCUT2D eigenvalue weighted by Gasteiger charge is -2.25. The van der Waals surface area contributed by atoms with Gasteiger partial charge in [-0.3, -0.25) is 4.79 Å². The number of halogens is 3. The van der Waals surface area contributed by atoms with Crippen LogP contribution in [0.15, 0.2) is 23.1 Å². The topological polar surface area (TPSA) is 74.6 Å². The first-order valence-corrected chi connectivity index (χ1v) is 6.40. The Labute approximate surface area is 125 Å². The molecule has 6 nitrogen and oxygen atoms in total. The molecule has 22 heavy (non-hydrogen) atoms. The van der Waals surface area contributed by atoms with E-state index in [0.29, 0.717) is 4.57 Å². The predicted octanol–water partition coefficient (Wildman–Crippen LogP) is 1.65. The average molecular weight is 321 g/mol. The van der Waals surface area contributed by atoms with Crippen molar-refractivity contribution in [3.8, 4) is 0 Å². The van der Waals surface area contributed by atoms with Gasteiger partial charge in [0.15, 0.2) is 0 Å². The Morgan fingerprint density at radius 1 is 1.41 bits per heavy atom. The molecule has 0 spiro atoms. The number of urea groups is 1. The number of aromatic nitrogens is 1. The SMILES string of the molecule is CN(CC(C)(C)O)C(=O)Nc1cccn(CC(F)(F)F)c1=O. The lowest BCUT2D eigenvalue weighted by Crippen LogP contribution is -2.42. The summed E-state index contributed by atoms with van der Waals surface area (Å²) in [6.07, 6.45) is -3.55. The number of carbonyl (C=O) groups excluding carboxylic acids is 1. The van der Waals surface area contributed by atoms with E-state index < -0.39 is 29.9 Å². The standard InChI is InChI=1S/C13H18F3N3O3/c1-12(2,22)7-18(3)11(21)17-9-5-4-6-19(10(9)20)8-13(14,15)16/h4-6,22H,7-8H2,1-3H3,(H,17,21). The molecular weight excluding hydrogens is 303 g/mol. The molecule has 1 rings (SSSR count). The molecule has 124 valence electrons. The van der Waals surface area contributed by atoms with Crippen LogP contribution in [0.1, 0.15) is 13.8 Å². The smallest absolute Gasteiger partial charge is 0.389 e. The fraction of sp³-hybridized carbons (Fsp3) is 0.538. The molecule has 0 unspecified atom stereocenters. The molecule has 0 aliphatic heterocycles. The molecule has 0 bridgehead atoms. The van der Waals surface area contributed by atoms with Gasteiger partial charge >= 0.3 is 12.2 Å². The van der Waals surface area contributed by atoms with Crippen LogP contribution in [0.5, 0.6) is 0 Å². The van der Waals surface area contributed by atoms with E-state index in [1.54, 1.807) is 0 Å². The normalized spacial score (nSPS) is 12.1. The number of alkyl halides is 3. The van der Waals surface area contributed by atoms with Crippen LogP contribution in [-0.2, 0) is 6.54 Å². The average Bonchev–Trinajstić information content (AvgIpc) is 2.30. The minimum Gasteiger partial charge on any atom is -0.389 e. The van der Waals surface area contributed by atoms with Crippen LogP contribution in [0, 0.1) is 0 Å². The summed E-state index contributed by atoms with van der Waals surface area (Å²) >= 11 is 0. The summed E-state index contributed by atoms with van der Waals surface area (Å²) < 4.78 is 37.5. The molecular formula is C13H18F3N3O3. The second kappa shape index (κ2) is 6.39. The van der Waals surface area contributed by atoms with E-state index in [2.05, 4.69) is 5.32 Å². The fourth-order valence-corrected chi connectivity index (χ4v) is 1.81. The molecule has 1 aromatic heterocycles. The van der Waals surface area contributed by atoms with Crippen molar-refractivity contribution in [1.82, 2.24) is 9.47 Å². The quantitative estimate of drug-likeness (QED) is 0.885. The fourth-order valence-electron chi connectivity index (χ4n) is 1.81. The van der Waals surface area contributed by atoms with Gasteiger partial charge in [-0.15, -0.1) is 0 Å². The zero-order chi connectivity index (χ0) is 17.1. The molecule has 0 aliphatic carbocycles. The lowest BCUT2D eigenvalue weighted by molar-refractivity contribution is -0.141. The monoisotopic (exact) mass is 321 g/mol. The molecule has 2 amide bonds. The van der Waals surface area contributed by atoms with Gasteiger partial charge in [0.2, 0.25) is 0 Å². The minimum absolute atomic E-state index is 0.0115. The molecule has 0 saturated carbocycles. The van der Waals surface area contributed by atoms with E-state index in [0.717, 1.165) is 11.1 Å². The van der Waals surface area contributed by atoms with Crippen molar-refractivity contribution >= 4 is 11.7 Å². The van der Waals surface area contributed by atoms with Crippen LogP contribution < -0.4 is 10.9 Å². The highest BCUT2D eigenvalue weighted by Crippen LogP contribution is 2.16. The van der Waals surface area contributed by atoms with Crippen molar-refractivity contribution < 1.29 is 23.1 Å². The third-order valence-electron chi connectivity index (χ3n) is 2.58. The van der Waals surface area contributed by atoms with Gasteiger partial charge in [-0.05, 0) is 26.0 Å². The van der Waals surface area contributed by atoms with Crippen molar-refractivity contribution in [2.24, 2.45) is 0 Å². The number of amides is 2. The summed E-state index contributed by atoms with van der Waals surface area (Å²) in [4.78, 5) is 24.9. The van der Waals surface area contributed by atoms with E-state index in [1.165, 1.54) is 33.0 Å². The number of nitrogens with one attached hydrogen (secondary N) is 1. The van der Waals surface area contributed by atoms with E-state index in [9.17, 15) is 27.9 Å². The summed E-state index contributed by atoms with van der Waals surface area (Å²) in [7, 11) is 1.39. The van der Waals surface area contributed by atoms with Crippen LogP contribution in [0.4, 0.5) is 23.7 Å². The number of carbonyl (C=O) groups is 1. The zero-order valence-corrected chi connectivity index (χ0v) is 12.4. The number of nitrogens with zero attached hydrogens (tertiary/aromatic N) is 2. The summed E-state index contributed by atoms with van der Waals surface area (Å²) in [6, 6.07) is 1.74. The molecule has 0 aliphatic rings. The van der Waals surface area contributed by atoms with Crippen LogP contribution in [0.25, 0.3) is 0 Å². The highest BCUT2D eigenvalue weighted by atomic mass is 19.4. The number of aliphatic hydroxyl groups is 1. The number of pyridine rings is 1. The van der Waals surface area contributed by atoms with Gasteiger partial charge in [0.25, 0.3) is 5.56 Å². The van der Waals surface area contributed by atoms with Crippen LogP contribution in [0.2, 0.25) is 0 Å². The third-order valence-corrected chi connectivity index (χ3v) is 2.58. The molecule has 0 radical (unpaired) electrons. The van der Waals surface area contributed by atoms with E-state index in [4.69, 9.17) is 0 Å². The van der Waals surface area contributed by atoms with Crippen molar-refractivity contribution in [1.29, 1.82) is 0 Å².